The molecule has 0 aliphatic carbocycles. The van der Waals surface area contributed by atoms with Crippen molar-refractivity contribution in [3.8, 4) is 0 Å². The normalized spacial score (nSPS) is 14.7. The number of hydrogen-bond donors (Lipinski definition) is 1. The average Bonchev–Trinajstić information content (AvgIpc) is 2.67. The summed E-state index contributed by atoms with van der Waals surface area (Å²) >= 11 is 0. The number of nitrogens with one attached hydrogen (secondary N) is 1. The first-order valence-corrected chi connectivity index (χ1v) is 8.63. The SMILES string of the molecule is CC(C)CNc1cncc(C(=O)N2CCN(c3ncccn3)CC2)c1. The van der Waals surface area contributed by atoms with Gasteiger partial charge in [0.25, 0.3) is 5.91 Å². The van der Waals surface area contributed by atoms with Crippen LogP contribution in [0.1, 0.15) is 24.2 Å². The zero-order valence-electron chi connectivity index (χ0n) is 14.7. The van der Waals surface area contributed by atoms with Crippen LogP contribution in [0.3, 0.4) is 0 Å². The molecule has 7 heteroatoms. The summed E-state index contributed by atoms with van der Waals surface area (Å²) in [6.07, 6.45) is 6.86. The number of carbonyl (C=O) groups excluding carboxylic acids is 1. The summed E-state index contributed by atoms with van der Waals surface area (Å²) in [4.78, 5) is 29.4. The first-order valence-electron chi connectivity index (χ1n) is 8.63. The highest BCUT2D eigenvalue weighted by atomic mass is 16.2. The summed E-state index contributed by atoms with van der Waals surface area (Å²) < 4.78 is 0. The summed E-state index contributed by atoms with van der Waals surface area (Å²) in [5.41, 5.74) is 1.51. The number of pyridine rings is 1. The number of anilines is 2. The zero-order chi connectivity index (χ0) is 17.6. The third-order valence-electron chi connectivity index (χ3n) is 4.10. The molecule has 1 N–H and O–H groups in total. The molecule has 1 saturated heterocycles. The predicted molar refractivity (Wildman–Crippen MR) is 97.7 cm³/mol. The second-order valence-electron chi connectivity index (χ2n) is 6.57. The molecular formula is C18H24N6O. The van der Waals surface area contributed by atoms with Crippen molar-refractivity contribution in [1.82, 2.24) is 19.9 Å². The molecule has 7 nitrogen and oxygen atoms in total. The van der Waals surface area contributed by atoms with E-state index in [0.29, 0.717) is 24.6 Å². The summed E-state index contributed by atoms with van der Waals surface area (Å²) in [6, 6.07) is 3.68. The molecule has 132 valence electrons. The van der Waals surface area contributed by atoms with Gasteiger partial charge < -0.3 is 15.1 Å². The van der Waals surface area contributed by atoms with E-state index in [0.717, 1.165) is 31.3 Å². The van der Waals surface area contributed by atoms with Crippen LogP contribution >= 0.6 is 0 Å². The summed E-state index contributed by atoms with van der Waals surface area (Å²) in [5.74, 6) is 1.28. The Morgan fingerprint density at radius 3 is 2.56 bits per heavy atom. The molecule has 1 aliphatic rings. The van der Waals surface area contributed by atoms with Crippen LogP contribution in [0.5, 0.6) is 0 Å². The number of carbonyl (C=O) groups is 1. The number of hydrogen-bond acceptors (Lipinski definition) is 6. The molecule has 25 heavy (non-hydrogen) atoms. The van der Waals surface area contributed by atoms with Crippen molar-refractivity contribution in [2.24, 2.45) is 5.92 Å². The van der Waals surface area contributed by atoms with Crippen LogP contribution in [0.2, 0.25) is 0 Å². The lowest BCUT2D eigenvalue weighted by Crippen LogP contribution is -2.49. The van der Waals surface area contributed by atoms with Gasteiger partial charge in [-0.25, -0.2) is 9.97 Å². The third kappa shape index (κ3) is 4.43. The minimum absolute atomic E-state index is 0.0225. The number of nitrogens with zero attached hydrogens (tertiary/aromatic N) is 5. The minimum atomic E-state index is 0.0225. The lowest BCUT2D eigenvalue weighted by Gasteiger charge is -2.34. The maximum atomic E-state index is 12.7. The maximum Gasteiger partial charge on any atom is 0.255 e. The third-order valence-corrected chi connectivity index (χ3v) is 4.10. The molecular weight excluding hydrogens is 316 g/mol. The van der Waals surface area contributed by atoms with E-state index in [2.05, 4.69) is 39.0 Å². The van der Waals surface area contributed by atoms with E-state index >= 15 is 0 Å². The van der Waals surface area contributed by atoms with Crippen molar-refractivity contribution in [3.05, 3.63) is 42.5 Å². The number of aromatic nitrogens is 3. The van der Waals surface area contributed by atoms with Crippen LogP contribution in [0.25, 0.3) is 0 Å². The van der Waals surface area contributed by atoms with Gasteiger partial charge in [0, 0.05) is 57.5 Å². The molecule has 3 heterocycles. The molecule has 0 saturated carbocycles. The van der Waals surface area contributed by atoms with E-state index in [4.69, 9.17) is 0 Å². The number of amides is 1. The van der Waals surface area contributed by atoms with Crippen molar-refractivity contribution in [2.45, 2.75) is 13.8 Å². The second kappa shape index (κ2) is 7.92. The standard InChI is InChI=1S/C18H24N6O/c1-14(2)11-22-16-10-15(12-19-13-16)17(25)23-6-8-24(9-7-23)18-20-4-3-5-21-18/h3-5,10,12-14,22H,6-9,11H2,1-2H3. The molecule has 0 bridgehead atoms. The lowest BCUT2D eigenvalue weighted by atomic mass is 10.2. The van der Waals surface area contributed by atoms with E-state index in [-0.39, 0.29) is 5.91 Å². The van der Waals surface area contributed by atoms with Crippen LogP contribution in [0.4, 0.5) is 11.6 Å². The van der Waals surface area contributed by atoms with Crippen LogP contribution in [0.15, 0.2) is 36.9 Å². The molecule has 1 aliphatic heterocycles. The fourth-order valence-electron chi connectivity index (χ4n) is 2.72. The molecule has 0 radical (unpaired) electrons. The topological polar surface area (TPSA) is 74.2 Å². The van der Waals surface area contributed by atoms with E-state index in [1.165, 1.54) is 0 Å². The van der Waals surface area contributed by atoms with E-state index in [1.54, 1.807) is 30.9 Å². The molecule has 0 spiro atoms. The Morgan fingerprint density at radius 2 is 1.88 bits per heavy atom. The van der Waals surface area contributed by atoms with Crippen molar-refractivity contribution >= 4 is 17.5 Å². The Bertz CT molecular complexity index is 698. The maximum absolute atomic E-state index is 12.7. The minimum Gasteiger partial charge on any atom is -0.384 e. The predicted octanol–water partition coefficient (Wildman–Crippen LogP) is 1.90. The van der Waals surface area contributed by atoms with Gasteiger partial charge in [-0.2, -0.15) is 0 Å². The Balaban J connectivity index is 1.60. The number of rotatable bonds is 5. The van der Waals surface area contributed by atoms with Gasteiger partial charge in [0.05, 0.1) is 11.3 Å². The molecule has 2 aromatic rings. The fourth-order valence-corrected chi connectivity index (χ4v) is 2.72. The Kier molecular flexibility index (Phi) is 5.42. The molecule has 1 amide bonds. The van der Waals surface area contributed by atoms with Crippen LogP contribution in [-0.2, 0) is 0 Å². The summed E-state index contributed by atoms with van der Waals surface area (Å²) in [6.45, 7) is 7.91. The van der Waals surface area contributed by atoms with Gasteiger partial charge in [0.1, 0.15) is 0 Å². The van der Waals surface area contributed by atoms with Crippen LogP contribution < -0.4 is 10.2 Å². The Labute approximate surface area is 148 Å². The van der Waals surface area contributed by atoms with Crippen molar-refractivity contribution in [2.75, 3.05) is 42.9 Å². The highest BCUT2D eigenvalue weighted by Gasteiger charge is 2.23. The molecule has 3 rings (SSSR count). The smallest absolute Gasteiger partial charge is 0.255 e. The Morgan fingerprint density at radius 1 is 1.16 bits per heavy atom. The highest BCUT2D eigenvalue weighted by Crippen LogP contribution is 2.15. The zero-order valence-corrected chi connectivity index (χ0v) is 14.7. The monoisotopic (exact) mass is 340 g/mol. The van der Waals surface area contributed by atoms with Crippen LogP contribution in [0, 0.1) is 5.92 Å². The molecule has 2 aromatic heterocycles. The van der Waals surface area contributed by atoms with Gasteiger partial charge >= 0.3 is 0 Å². The van der Waals surface area contributed by atoms with Gasteiger partial charge in [-0.05, 0) is 18.1 Å². The van der Waals surface area contributed by atoms with Gasteiger partial charge in [-0.15, -0.1) is 0 Å². The largest absolute Gasteiger partial charge is 0.384 e. The van der Waals surface area contributed by atoms with Crippen molar-refractivity contribution < 1.29 is 4.79 Å². The molecule has 0 unspecified atom stereocenters. The van der Waals surface area contributed by atoms with Gasteiger partial charge in [0.15, 0.2) is 0 Å². The van der Waals surface area contributed by atoms with Crippen LogP contribution in [-0.4, -0.2) is 58.5 Å². The van der Waals surface area contributed by atoms with Crippen molar-refractivity contribution in [3.63, 3.8) is 0 Å². The summed E-state index contributed by atoms with van der Waals surface area (Å²) in [7, 11) is 0. The number of piperazine rings is 1. The molecule has 0 atom stereocenters. The van der Waals surface area contributed by atoms with E-state index in [9.17, 15) is 4.79 Å². The molecule has 0 aromatic carbocycles. The Hall–Kier alpha value is -2.70. The highest BCUT2D eigenvalue weighted by molar-refractivity contribution is 5.94. The van der Waals surface area contributed by atoms with Gasteiger partial charge in [-0.3, -0.25) is 9.78 Å². The first kappa shape index (κ1) is 17.1. The summed E-state index contributed by atoms with van der Waals surface area (Å²) in [5, 5.41) is 3.31. The fraction of sp³-hybridized carbons (Fsp3) is 0.444. The average molecular weight is 340 g/mol. The lowest BCUT2D eigenvalue weighted by molar-refractivity contribution is 0.0746. The molecule has 1 fully saturated rings. The van der Waals surface area contributed by atoms with E-state index in [1.807, 2.05) is 11.0 Å². The van der Waals surface area contributed by atoms with Gasteiger partial charge in [0.2, 0.25) is 5.95 Å². The van der Waals surface area contributed by atoms with E-state index < -0.39 is 0 Å². The quantitative estimate of drug-likeness (QED) is 0.896. The van der Waals surface area contributed by atoms with Crippen molar-refractivity contribution in [1.29, 1.82) is 0 Å². The van der Waals surface area contributed by atoms with Gasteiger partial charge in [-0.1, -0.05) is 13.8 Å². The second-order valence-corrected chi connectivity index (χ2v) is 6.57. The first-order chi connectivity index (χ1) is 12.1.